The molecule has 1 saturated heterocycles. The summed E-state index contributed by atoms with van der Waals surface area (Å²) in [4.78, 5) is 26.8. The summed E-state index contributed by atoms with van der Waals surface area (Å²) < 4.78 is 19.2. The SMILES string of the molecule is COCC(O)[C@H]1O[C@](n2cc(C)c(=O)[nH]c2=O)([SiH](C)C)C[C@@H]1OC(C)(C)C. The fourth-order valence-electron chi connectivity index (χ4n) is 3.57. The monoisotopic (exact) mass is 400 g/mol. The third-order valence-corrected chi connectivity index (χ3v) is 7.31. The van der Waals surface area contributed by atoms with E-state index in [1.807, 2.05) is 20.8 Å². The second-order valence-corrected chi connectivity index (χ2v) is 11.7. The number of rotatable bonds is 6. The molecule has 0 amide bonds. The lowest BCUT2D eigenvalue weighted by Gasteiger charge is -2.35. The van der Waals surface area contributed by atoms with Gasteiger partial charge in [-0.25, -0.2) is 4.79 Å². The van der Waals surface area contributed by atoms with E-state index in [-0.39, 0.29) is 6.61 Å². The van der Waals surface area contributed by atoms with Gasteiger partial charge in [0.15, 0.2) is 0 Å². The van der Waals surface area contributed by atoms with Crippen molar-refractivity contribution in [3.63, 3.8) is 0 Å². The van der Waals surface area contributed by atoms with Gasteiger partial charge in [0, 0.05) is 25.3 Å². The molecular formula is C18H32N2O6Si. The van der Waals surface area contributed by atoms with Crippen LogP contribution in [0, 0.1) is 6.92 Å². The minimum atomic E-state index is -1.67. The third-order valence-electron chi connectivity index (χ3n) is 4.85. The molecule has 2 N–H and O–H groups in total. The summed E-state index contributed by atoms with van der Waals surface area (Å²) >= 11 is 0. The van der Waals surface area contributed by atoms with Gasteiger partial charge in [-0.3, -0.25) is 14.3 Å². The zero-order valence-corrected chi connectivity index (χ0v) is 18.4. The van der Waals surface area contributed by atoms with Gasteiger partial charge in [-0.1, -0.05) is 13.1 Å². The first kappa shape index (κ1) is 22.0. The highest BCUT2D eigenvalue weighted by Gasteiger charge is 2.54. The summed E-state index contributed by atoms with van der Waals surface area (Å²) in [5.74, 6) is 0. The van der Waals surface area contributed by atoms with Crippen molar-refractivity contribution in [2.75, 3.05) is 13.7 Å². The van der Waals surface area contributed by atoms with Crippen molar-refractivity contribution in [1.82, 2.24) is 9.55 Å². The summed E-state index contributed by atoms with van der Waals surface area (Å²) in [6.45, 7) is 11.7. The number of aromatic amines is 1. The fraction of sp³-hybridized carbons (Fsp3) is 0.778. The number of hydrogen-bond acceptors (Lipinski definition) is 6. The van der Waals surface area contributed by atoms with Crippen LogP contribution >= 0.6 is 0 Å². The average Bonchev–Trinajstić information content (AvgIpc) is 2.89. The maximum absolute atomic E-state index is 12.6. The molecule has 2 rings (SSSR count). The lowest BCUT2D eigenvalue weighted by atomic mass is 10.1. The molecule has 0 aromatic carbocycles. The van der Waals surface area contributed by atoms with E-state index in [1.54, 1.807) is 13.1 Å². The van der Waals surface area contributed by atoms with Crippen molar-refractivity contribution in [2.24, 2.45) is 0 Å². The number of ether oxygens (including phenoxy) is 3. The predicted octanol–water partition coefficient (Wildman–Crippen LogP) is 0.504. The van der Waals surface area contributed by atoms with Crippen molar-refractivity contribution in [1.29, 1.82) is 0 Å². The molecule has 1 aromatic heterocycles. The first-order valence-electron chi connectivity index (χ1n) is 9.27. The maximum Gasteiger partial charge on any atom is 0.330 e. The lowest BCUT2D eigenvalue weighted by molar-refractivity contribution is -0.146. The number of aryl methyl sites for hydroxylation is 1. The topological polar surface area (TPSA) is 103 Å². The van der Waals surface area contributed by atoms with E-state index >= 15 is 0 Å². The molecule has 2 heterocycles. The van der Waals surface area contributed by atoms with Crippen LogP contribution in [-0.4, -0.2) is 61.1 Å². The van der Waals surface area contributed by atoms with Crippen LogP contribution in [0.25, 0.3) is 0 Å². The standard InChI is InChI=1S/C18H32N2O6Si/c1-11-9-20(16(23)19-15(11)22)18(27(6)7)8-13(25-17(2,3)4)14(26-18)12(21)10-24-5/h9,12-14,21,27H,8,10H2,1-7H3,(H,19,22,23)/t12?,13-,14+,18-/m0/s1. The van der Waals surface area contributed by atoms with Gasteiger partial charge < -0.3 is 19.3 Å². The second kappa shape index (κ2) is 8.00. The average molecular weight is 401 g/mol. The molecule has 1 aromatic rings. The van der Waals surface area contributed by atoms with Crippen LogP contribution in [0.15, 0.2) is 15.8 Å². The van der Waals surface area contributed by atoms with Gasteiger partial charge in [0.05, 0.1) is 27.1 Å². The molecule has 0 saturated carbocycles. The Morgan fingerprint density at radius 2 is 2.07 bits per heavy atom. The number of hydrogen-bond donors (Lipinski definition) is 2. The number of aliphatic hydroxyl groups is 1. The van der Waals surface area contributed by atoms with Crippen LogP contribution in [0.4, 0.5) is 0 Å². The van der Waals surface area contributed by atoms with Gasteiger partial charge in [0.2, 0.25) is 0 Å². The molecule has 1 aliphatic heterocycles. The smallest absolute Gasteiger partial charge is 0.330 e. The van der Waals surface area contributed by atoms with Crippen LogP contribution in [0.5, 0.6) is 0 Å². The minimum absolute atomic E-state index is 0.101. The first-order valence-corrected chi connectivity index (χ1v) is 12.2. The Morgan fingerprint density at radius 3 is 2.59 bits per heavy atom. The fourth-order valence-corrected chi connectivity index (χ4v) is 5.45. The largest absolute Gasteiger partial charge is 0.388 e. The Bertz CT molecular complexity index is 768. The predicted molar refractivity (Wildman–Crippen MR) is 105 cm³/mol. The second-order valence-electron chi connectivity index (χ2n) is 8.52. The lowest BCUT2D eigenvalue weighted by Crippen LogP contribution is -2.52. The van der Waals surface area contributed by atoms with Crippen LogP contribution < -0.4 is 11.2 Å². The number of nitrogens with zero attached hydrogens (tertiary/aromatic N) is 1. The molecule has 27 heavy (non-hydrogen) atoms. The number of H-pyrrole nitrogens is 1. The van der Waals surface area contributed by atoms with Crippen LogP contribution in [0.3, 0.4) is 0 Å². The molecule has 1 unspecified atom stereocenters. The van der Waals surface area contributed by atoms with Gasteiger partial charge in [-0.05, 0) is 27.7 Å². The van der Waals surface area contributed by atoms with Gasteiger partial charge in [-0.15, -0.1) is 0 Å². The van der Waals surface area contributed by atoms with Gasteiger partial charge in [0.1, 0.15) is 17.6 Å². The van der Waals surface area contributed by atoms with Gasteiger partial charge in [-0.2, -0.15) is 0 Å². The molecule has 0 bridgehead atoms. The summed E-state index contributed by atoms with van der Waals surface area (Å²) in [5.41, 5.74) is -0.933. The molecule has 154 valence electrons. The maximum atomic E-state index is 12.6. The van der Waals surface area contributed by atoms with E-state index in [9.17, 15) is 14.7 Å². The summed E-state index contributed by atoms with van der Waals surface area (Å²) in [5, 5.41) is 9.67. The molecule has 0 spiro atoms. The Labute approximate surface area is 161 Å². The van der Waals surface area contributed by atoms with Gasteiger partial charge >= 0.3 is 5.69 Å². The Hall–Kier alpha value is -1.26. The number of nitrogens with one attached hydrogen (secondary N) is 1. The van der Waals surface area contributed by atoms with E-state index in [1.165, 1.54) is 11.7 Å². The summed E-state index contributed by atoms with van der Waals surface area (Å²) in [6.07, 6.45) is 0.0252. The molecule has 0 radical (unpaired) electrons. The Balaban J connectivity index is 2.55. The quantitative estimate of drug-likeness (QED) is 0.674. The zero-order chi connectivity index (χ0) is 20.6. The molecule has 1 fully saturated rings. The highest BCUT2D eigenvalue weighted by Crippen LogP contribution is 2.40. The number of methoxy groups -OCH3 is 1. The minimum Gasteiger partial charge on any atom is -0.388 e. The molecule has 8 nitrogen and oxygen atoms in total. The van der Waals surface area contributed by atoms with Crippen LogP contribution in [-0.2, 0) is 19.6 Å². The van der Waals surface area contributed by atoms with Crippen LogP contribution in [0.1, 0.15) is 32.8 Å². The molecule has 9 heteroatoms. The highest BCUT2D eigenvalue weighted by atomic mass is 28.3. The molecule has 0 aliphatic carbocycles. The number of aromatic nitrogens is 2. The van der Waals surface area contributed by atoms with Crippen LogP contribution in [0.2, 0.25) is 13.1 Å². The van der Waals surface area contributed by atoms with Crippen molar-refractivity contribution in [3.8, 4) is 0 Å². The Kier molecular flexibility index (Phi) is 6.53. The van der Waals surface area contributed by atoms with E-state index in [2.05, 4.69) is 18.1 Å². The van der Waals surface area contributed by atoms with Crippen molar-refractivity contribution >= 4 is 8.80 Å². The summed E-state index contributed by atoms with van der Waals surface area (Å²) in [7, 11) is -0.157. The molecular weight excluding hydrogens is 368 g/mol. The summed E-state index contributed by atoms with van der Waals surface area (Å²) in [6, 6.07) is 0. The van der Waals surface area contributed by atoms with Crippen molar-refractivity contribution < 1.29 is 19.3 Å². The van der Waals surface area contributed by atoms with E-state index in [0.717, 1.165) is 0 Å². The molecule has 1 aliphatic rings. The zero-order valence-electron chi connectivity index (χ0n) is 17.2. The third kappa shape index (κ3) is 4.60. The number of aliphatic hydroxyl groups excluding tert-OH is 1. The Morgan fingerprint density at radius 1 is 1.44 bits per heavy atom. The highest BCUT2D eigenvalue weighted by molar-refractivity contribution is 6.58. The van der Waals surface area contributed by atoms with Crippen molar-refractivity contribution in [3.05, 3.63) is 32.6 Å². The van der Waals surface area contributed by atoms with Crippen molar-refractivity contribution in [2.45, 2.75) is 76.5 Å². The molecule has 4 atom stereocenters. The van der Waals surface area contributed by atoms with E-state index in [0.29, 0.717) is 12.0 Å². The van der Waals surface area contributed by atoms with E-state index < -0.39 is 49.3 Å². The normalized spacial score (nSPS) is 27.3. The van der Waals surface area contributed by atoms with E-state index in [4.69, 9.17) is 14.2 Å². The first-order chi connectivity index (χ1) is 12.4. The van der Waals surface area contributed by atoms with Gasteiger partial charge in [0.25, 0.3) is 5.56 Å².